The number of amides is 1. The molecule has 0 aliphatic heterocycles. The Morgan fingerprint density at radius 3 is 2.52 bits per heavy atom. The first kappa shape index (κ1) is 18.6. The fraction of sp³-hybridized carbons (Fsp3) is 0.333. The molecule has 0 aliphatic carbocycles. The zero-order valence-electron chi connectivity index (χ0n) is 15.2. The molecule has 3 aromatic rings. The number of hydrogen-bond acceptors (Lipinski definition) is 8. The van der Waals surface area contributed by atoms with Gasteiger partial charge < -0.3 is 0 Å². The lowest BCUT2D eigenvalue weighted by Crippen LogP contribution is -2.39. The van der Waals surface area contributed by atoms with Crippen LogP contribution in [0.3, 0.4) is 0 Å². The third-order valence-corrected chi connectivity index (χ3v) is 4.91. The number of anilines is 1. The van der Waals surface area contributed by atoms with E-state index in [1.165, 1.54) is 4.68 Å². The Kier molecular flexibility index (Phi) is 4.74. The van der Waals surface area contributed by atoms with Gasteiger partial charge in [0.15, 0.2) is 0 Å². The largest absolute Gasteiger partial charge is 0.271 e. The van der Waals surface area contributed by atoms with E-state index in [1.54, 1.807) is 45.3 Å². The van der Waals surface area contributed by atoms with Crippen molar-refractivity contribution in [1.82, 2.24) is 35.0 Å². The van der Waals surface area contributed by atoms with Crippen LogP contribution in [0.4, 0.5) is 5.69 Å². The number of rotatable bonds is 5. The average molecular weight is 390 g/mol. The predicted octanol–water partition coefficient (Wildman–Crippen LogP) is 0.0782. The van der Waals surface area contributed by atoms with Crippen LogP contribution in [0, 0.1) is 13.8 Å². The van der Waals surface area contributed by atoms with Gasteiger partial charge in [0.2, 0.25) is 15.8 Å². The minimum absolute atomic E-state index is 0.232. The summed E-state index contributed by atoms with van der Waals surface area (Å²) in [6.45, 7) is 2.93. The van der Waals surface area contributed by atoms with Gasteiger partial charge in [-0.2, -0.15) is 9.90 Å². The van der Waals surface area contributed by atoms with E-state index in [0.717, 1.165) is 15.4 Å². The summed E-state index contributed by atoms with van der Waals surface area (Å²) in [7, 11) is -2.21. The Bertz CT molecular complexity index is 1090. The molecule has 0 unspecified atom stereocenters. The maximum Gasteiger partial charge on any atom is 0.264 e. The van der Waals surface area contributed by atoms with Gasteiger partial charge in [-0.1, -0.05) is 6.07 Å². The van der Waals surface area contributed by atoms with E-state index in [9.17, 15) is 13.2 Å². The zero-order chi connectivity index (χ0) is 19.8. The van der Waals surface area contributed by atoms with Crippen molar-refractivity contribution >= 4 is 21.6 Å². The van der Waals surface area contributed by atoms with Crippen LogP contribution in [-0.4, -0.2) is 55.6 Å². The molecule has 0 N–H and O–H groups in total. The van der Waals surface area contributed by atoms with Crippen LogP contribution in [0.5, 0.6) is 0 Å². The monoisotopic (exact) mass is 390 g/mol. The van der Waals surface area contributed by atoms with E-state index in [0.29, 0.717) is 17.1 Å². The van der Waals surface area contributed by atoms with E-state index >= 15 is 0 Å². The number of sulfonamides is 1. The molecule has 12 heteroatoms. The lowest BCUT2D eigenvalue weighted by atomic mass is 10.3. The summed E-state index contributed by atoms with van der Waals surface area (Å²) in [5.41, 5.74) is 1.70. The highest BCUT2D eigenvalue weighted by molar-refractivity contribution is 7.92. The third kappa shape index (κ3) is 3.69. The van der Waals surface area contributed by atoms with Gasteiger partial charge in [0.1, 0.15) is 17.9 Å². The molecule has 0 radical (unpaired) electrons. The Hall–Kier alpha value is -3.15. The van der Waals surface area contributed by atoms with Crippen LogP contribution in [0.1, 0.15) is 11.4 Å². The van der Waals surface area contributed by atoms with Gasteiger partial charge in [-0.25, -0.2) is 12.7 Å². The van der Waals surface area contributed by atoms with E-state index in [1.807, 2.05) is 0 Å². The second kappa shape index (κ2) is 6.87. The van der Waals surface area contributed by atoms with Crippen molar-refractivity contribution in [2.24, 2.45) is 7.05 Å². The summed E-state index contributed by atoms with van der Waals surface area (Å²) in [5, 5.41) is 15.9. The summed E-state index contributed by atoms with van der Waals surface area (Å²) in [6, 6.07) is 5.22. The van der Waals surface area contributed by atoms with Gasteiger partial charge in [-0.05, 0) is 31.2 Å². The Balaban J connectivity index is 1.92. The standard InChI is InChI=1S/C15H18N8O3S/c1-10-14(11(2)21(3)18-10)23(27(4,25)26)13(24)9-22-19-15(17-20-22)12-7-5-6-8-16-12/h5-8H,9H2,1-4H3. The van der Waals surface area contributed by atoms with Crippen LogP contribution < -0.4 is 4.31 Å². The van der Waals surface area contributed by atoms with E-state index in [-0.39, 0.29) is 11.5 Å². The van der Waals surface area contributed by atoms with Crippen LogP contribution in [0.25, 0.3) is 11.5 Å². The molecule has 0 saturated carbocycles. The van der Waals surface area contributed by atoms with Crippen molar-refractivity contribution in [2.75, 3.05) is 10.6 Å². The first-order valence-corrected chi connectivity index (χ1v) is 9.76. The Morgan fingerprint density at radius 2 is 1.96 bits per heavy atom. The van der Waals surface area contributed by atoms with Crippen LogP contribution >= 0.6 is 0 Å². The second-order valence-corrected chi connectivity index (χ2v) is 7.75. The summed E-state index contributed by atoms with van der Waals surface area (Å²) < 4.78 is 26.8. The molecule has 0 aromatic carbocycles. The van der Waals surface area contributed by atoms with Crippen molar-refractivity contribution < 1.29 is 13.2 Å². The molecule has 0 fully saturated rings. The molecule has 3 aromatic heterocycles. The van der Waals surface area contributed by atoms with Crippen molar-refractivity contribution in [3.8, 4) is 11.5 Å². The highest BCUT2D eigenvalue weighted by atomic mass is 32.2. The number of carbonyl (C=O) groups is 1. The molecule has 0 bridgehead atoms. The maximum absolute atomic E-state index is 12.8. The number of aryl methyl sites for hydroxylation is 2. The third-order valence-electron chi connectivity index (χ3n) is 3.86. The lowest BCUT2D eigenvalue weighted by molar-refractivity contribution is -0.118. The molecule has 0 spiro atoms. The molecule has 27 heavy (non-hydrogen) atoms. The summed E-state index contributed by atoms with van der Waals surface area (Å²) >= 11 is 0. The van der Waals surface area contributed by atoms with Gasteiger partial charge in [0.05, 0.1) is 17.6 Å². The van der Waals surface area contributed by atoms with Gasteiger partial charge in [-0.15, -0.1) is 10.2 Å². The van der Waals surface area contributed by atoms with Gasteiger partial charge in [-0.3, -0.25) is 14.5 Å². The van der Waals surface area contributed by atoms with Crippen LogP contribution in [-0.2, 0) is 28.4 Å². The Labute approximate surface area is 155 Å². The SMILES string of the molecule is Cc1nn(C)c(C)c1N(C(=O)Cn1nnc(-c2ccccn2)n1)S(C)(=O)=O. The Morgan fingerprint density at radius 1 is 1.22 bits per heavy atom. The number of tetrazole rings is 1. The highest BCUT2D eigenvalue weighted by Gasteiger charge is 2.31. The number of carbonyl (C=O) groups excluding carboxylic acids is 1. The van der Waals surface area contributed by atoms with Crippen molar-refractivity contribution in [3.63, 3.8) is 0 Å². The number of nitrogens with zero attached hydrogens (tertiary/aromatic N) is 8. The molecule has 0 atom stereocenters. The normalized spacial score (nSPS) is 11.6. The smallest absolute Gasteiger partial charge is 0.264 e. The number of aromatic nitrogens is 7. The lowest BCUT2D eigenvalue weighted by Gasteiger charge is -2.20. The average Bonchev–Trinajstić information content (AvgIpc) is 3.15. The van der Waals surface area contributed by atoms with E-state index in [2.05, 4.69) is 25.5 Å². The quantitative estimate of drug-likeness (QED) is 0.599. The number of pyridine rings is 1. The fourth-order valence-corrected chi connectivity index (χ4v) is 3.65. The molecule has 11 nitrogen and oxygen atoms in total. The van der Waals surface area contributed by atoms with Crippen LogP contribution in [0.2, 0.25) is 0 Å². The van der Waals surface area contributed by atoms with Crippen molar-refractivity contribution in [2.45, 2.75) is 20.4 Å². The van der Waals surface area contributed by atoms with Gasteiger partial charge in [0.25, 0.3) is 5.91 Å². The second-order valence-electron chi connectivity index (χ2n) is 5.92. The van der Waals surface area contributed by atoms with Crippen molar-refractivity contribution in [3.05, 3.63) is 35.8 Å². The fourth-order valence-electron chi connectivity index (χ4n) is 2.62. The number of hydrogen-bond donors (Lipinski definition) is 0. The minimum Gasteiger partial charge on any atom is -0.271 e. The molecular weight excluding hydrogens is 372 g/mol. The predicted molar refractivity (Wildman–Crippen MR) is 96.1 cm³/mol. The zero-order valence-corrected chi connectivity index (χ0v) is 16.0. The topological polar surface area (TPSA) is 129 Å². The molecule has 3 heterocycles. The maximum atomic E-state index is 12.8. The molecular formula is C15H18N8O3S. The molecule has 3 rings (SSSR count). The summed E-state index contributed by atoms with van der Waals surface area (Å²) in [4.78, 5) is 17.9. The first-order valence-electron chi connectivity index (χ1n) is 7.91. The summed E-state index contributed by atoms with van der Waals surface area (Å²) in [6.07, 6.45) is 2.55. The van der Waals surface area contributed by atoms with Crippen LogP contribution in [0.15, 0.2) is 24.4 Å². The molecule has 0 aliphatic rings. The van der Waals surface area contributed by atoms with Crippen molar-refractivity contribution in [1.29, 1.82) is 0 Å². The highest BCUT2D eigenvalue weighted by Crippen LogP contribution is 2.26. The van der Waals surface area contributed by atoms with Gasteiger partial charge in [0, 0.05) is 13.2 Å². The summed E-state index contributed by atoms with van der Waals surface area (Å²) in [5.74, 6) is -0.482. The van der Waals surface area contributed by atoms with E-state index < -0.39 is 22.5 Å². The molecule has 0 saturated heterocycles. The molecule has 142 valence electrons. The van der Waals surface area contributed by atoms with E-state index in [4.69, 9.17) is 0 Å². The minimum atomic E-state index is -3.89. The molecule has 1 amide bonds. The van der Waals surface area contributed by atoms with Gasteiger partial charge >= 0.3 is 0 Å². The first-order chi connectivity index (χ1) is 12.7.